The van der Waals surface area contributed by atoms with Crippen molar-refractivity contribution in [3.63, 3.8) is 0 Å². The Morgan fingerprint density at radius 2 is 1.95 bits per heavy atom. The molecule has 0 aromatic heterocycles. The zero-order valence-electron chi connectivity index (χ0n) is 11.3. The minimum Gasteiger partial charge on any atom is -0.489 e. The molecule has 1 unspecified atom stereocenters. The van der Waals surface area contributed by atoms with Gasteiger partial charge in [-0.3, -0.25) is 0 Å². The van der Waals surface area contributed by atoms with Crippen LogP contribution < -0.4 is 10.5 Å². The van der Waals surface area contributed by atoms with Crippen LogP contribution in [0.15, 0.2) is 18.2 Å². The quantitative estimate of drug-likeness (QED) is 0.606. The lowest BCUT2D eigenvalue weighted by Gasteiger charge is -2.17. The Morgan fingerprint density at radius 1 is 1.26 bits per heavy atom. The molecule has 1 rings (SSSR count). The largest absolute Gasteiger partial charge is 0.489 e. The summed E-state index contributed by atoms with van der Waals surface area (Å²) in [7, 11) is 0. The van der Waals surface area contributed by atoms with Gasteiger partial charge in [0.15, 0.2) is 0 Å². The van der Waals surface area contributed by atoms with Gasteiger partial charge < -0.3 is 10.5 Å². The van der Waals surface area contributed by atoms with Crippen molar-refractivity contribution in [2.75, 3.05) is 5.73 Å². The van der Waals surface area contributed by atoms with Crippen LogP contribution in [0.4, 0.5) is 18.9 Å². The lowest BCUT2D eigenvalue weighted by molar-refractivity contribution is -0.137. The van der Waals surface area contributed by atoms with Crippen LogP contribution >= 0.6 is 0 Å². The maximum atomic E-state index is 12.5. The van der Waals surface area contributed by atoms with Gasteiger partial charge in [0.05, 0.1) is 17.4 Å². The van der Waals surface area contributed by atoms with Gasteiger partial charge in [-0.25, -0.2) is 0 Å². The molecule has 0 bridgehead atoms. The van der Waals surface area contributed by atoms with Crippen LogP contribution in [0.5, 0.6) is 5.75 Å². The minimum absolute atomic E-state index is 0.0252. The average Bonchev–Trinajstić information content (AvgIpc) is 2.31. The van der Waals surface area contributed by atoms with Crippen molar-refractivity contribution in [2.24, 2.45) is 0 Å². The van der Waals surface area contributed by atoms with E-state index >= 15 is 0 Å². The Morgan fingerprint density at radius 3 is 2.47 bits per heavy atom. The number of hydrogen-bond donors (Lipinski definition) is 1. The number of hydrogen-bond acceptors (Lipinski definition) is 2. The second-order valence-corrected chi connectivity index (χ2v) is 4.67. The van der Waals surface area contributed by atoms with Crippen molar-refractivity contribution in [3.8, 4) is 5.75 Å². The number of nitrogen functional groups attached to an aromatic ring is 1. The van der Waals surface area contributed by atoms with E-state index in [1.165, 1.54) is 6.07 Å². The predicted octanol–water partition coefficient (Wildman–Crippen LogP) is 4.64. The molecule has 0 heterocycles. The molecule has 0 aliphatic carbocycles. The Labute approximate surface area is 111 Å². The van der Waals surface area contributed by atoms with Crippen molar-refractivity contribution >= 4 is 5.69 Å². The Bertz CT molecular complexity index is 404. The van der Waals surface area contributed by atoms with Gasteiger partial charge in [-0.05, 0) is 38.0 Å². The van der Waals surface area contributed by atoms with Crippen LogP contribution in [0, 0.1) is 0 Å². The normalized spacial score (nSPS) is 13.3. The first-order valence-electron chi connectivity index (χ1n) is 6.48. The number of rotatable bonds is 6. The molecule has 0 saturated carbocycles. The minimum atomic E-state index is -4.38. The first-order chi connectivity index (χ1) is 8.84. The molecular weight excluding hydrogens is 255 g/mol. The molecule has 108 valence electrons. The third-order valence-electron chi connectivity index (χ3n) is 2.88. The summed E-state index contributed by atoms with van der Waals surface area (Å²) in [5, 5.41) is 0. The molecule has 2 N–H and O–H groups in total. The maximum Gasteiger partial charge on any atom is 0.416 e. The Hall–Kier alpha value is -1.39. The molecular formula is C14H20F3NO. The third kappa shape index (κ3) is 5.01. The van der Waals surface area contributed by atoms with Gasteiger partial charge in [0.1, 0.15) is 5.75 Å². The van der Waals surface area contributed by atoms with Gasteiger partial charge in [0, 0.05) is 0 Å². The predicted molar refractivity (Wildman–Crippen MR) is 70.1 cm³/mol. The van der Waals surface area contributed by atoms with Gasteiger partial charge in [0.2, 0.25) is 0 Å². The molecule has 5 heteroatoms. The maximum absolute atomic E-state index is 12.5. The van der Waals surface area contributed by atoms with E-state index in [1.807, 2.05) is 6.92 Å². The van der Waals surface area contributed by atoms with E-state index in [0.717, 1.165) is 37.8 Å². The van der Waals surface area contributed by atoms with Crippen molar-refractivity contribution in [3.05, 3.63) is 23.8 Å². The van der Waals surface area contributed by atoms with Crippen LogP contribution in [-0.2, 0) is 6.18 Å². The molecule has 0 amide bonds. The van der Waals surface area contributed by atoms with Gasteiger partial charge >= 0.3 is 6.18 Å². The summed E-state index contributed by atoms with van der Waals surface area (Å²) in [5.74, 6) is 0.317. The molecule has 2 nitrogen and oxygen atoms in total. The molecule has 1 aromatic rings. The zero-order valence-corrected chi connectivity index (χ0v) is 11.3. The van der Waals surface area contributed by atoms with E-state index in [-0.39, 0.29) is 11.8 Å². The van der Waals surface area contributed by atoms with E-state index < -0.39 is 11.7 Å². The fraction of sp³-hybridized carbons (Fsp3) is 0.571. The standard InChI is InChI=1S/C14H20F3NO/c1-3-4-5-6-10(2)19-13-8-7-11(9-12(13)18)14(15,16)17/h7-10H,3-6,18H2,1-2H3. The van der Waals surface area contributed by atoms with Crippen LogP contribution in [0.2, 0.25) is 0 Å². The van der Waals surface area contributed by atoms with Crippen LogP contribution in [0.3, 0.4) is 0 Å². The molecule has 1 atom stereocenters. The first kappa shape index (κ1) is 15.7. The molecule has 0 saturated heterocycles. The number of benzene rings is 1. The topological polar surface area (TPSA) is 35.2 Å². The number of ether oxygens (including phenoxy) is 1. The number of nitrogens with two attached hydrogens (primary N) is 1. The fourth-order valence-corrected chi connectivity index (χ4v) is 1.79. The van der Waals surface area contributed by atoms with Crippen molar-refractivity contribution < 1.29 is 17.9 Å². The molecule has 0 fully saturated rings. The summed E-state index contributed by atoms with van der Waals surface area (Å²) in [6, 6.07) is 3.19. The van der Waals surface area contributed by atoms with E-state index in [9.17, 15) is 13.2 Å². The fourth-order valence-electron chi connectivity index (χ4n) is 1.79. The highest BCUT2D eigenvalue weighted by atomic mass is 19.4. The molecule has 0 aliphatic heterocycles. The Kier molecular flexibility index (Phi) is 5.51. The number of unbranched alkanes of at least 4 members (excludes halogenated alkanes) is 2. The smallest absolute Gasteiger partial charge is 0.416 e. The van der Waals surface area contributed by atoms with Gasteiger partial charge in [-0.1, -0.05) is 19.8 Å². The van der Waals surface area contributed by atoms with Crippen LogP contribution in [0.25, 0.3) is 0 Å². The van der Waals surface area contributed by atoms with E-state index in [2.05, 4.69) is 6.92 Å². The van der Waals surface area contributed by atoms with E-state index in [0.29, 0.717) is 5.75 Å². The van der Waals surface area contributed by atoms with Gasteiger partial charge in [-0.15, -0.1) is 0 Å². The SMILES string of the molecule is CCCCCC(C)Oc1ccc(C(F)(F)F)cc1N. The van der Waals surface area contributed by atoms with Crippen molar-refractivity contribution in [1.29, 1.82) is 0 Å². The second-order valence-electron chi connectivity index (χ2n) is 4.67. The highest BCUT2D eigenvalue weighted by molar-refractivity contribution is 5.54. The number of alkyl halides is 3. The summed E-state index contributed by atoms with van der Waals surface area (Å²) in [5.41, 5.74) is 4.87. The lowest BCUT2D eigenvalue weighted by Crippen LogP contribution is -2.13. The van der Waals surface area contributed by atoms with Crippen LogP contribution in [0.1, 0.15) is 45.1 Å². The summed E-state index contributed by atoms with van der Waals surface area (Å²) < 4.78 is 43.0. The van der Waals surface area contributed by atoms with E-state index in [4.69, 9.17) is 10.5 Å². The summed E-state index contributed by atoms with van der Waals surface area (Å²) in [6.45, 7) is 4.01. The van der Waals surface area contributed by atoms with Crippen LogP contribution in [-0.4, -0.2) is 6.10 Å². The highest BCUT2D eigenvalue weighted by Gasteiger charge is 2.31. The number of halogens is 3. The molecule has 19 heavy (non-hydrogen) atoms. The summed E-state index contributed by atoms with van der Waals surface area (Å²) in [4.78, 5) is 0. The van der Waals surface area contributed by atoms with Gasteiger partial charge in [-0.2, -0.15) is 13.2 Å². The molecule has 0 radical (unpaired) electrons. The second kappa shape index (κ2) is 6.68. The molecule has 1 aromatic carbocycles. The summed E-state index contributed by atoms with van der Waals surface area (Å²) in [6.07, 6.45) is -0.275. The first-order valence-corrected chi connectivity index (χ1v) is 6.48. The van der Waals surface area contributed by atoms with E-state index in [1.54, 1.807) is 0 Å². The zero-order chi connectivity index (χ0) is 14.5. The Balaban J connectivity index is 2.65. The van der Waals surface area contributed by atoms with Crippen molar-refractivity contribution in [1.82, 2.24) is 0 Å². The average molecular weight is 275 g/mol. The molecule has 0 spiro atoms. The van der Waals surface area contributed by atoms with Crippen molar-refractivity contribution in [2.45, 2.75) is 51.8 Å². The molecule has 0 aliphatic rings. The highest BCUT2D eigenvalue weighted by Crippen LogP contribution is 2.34. The lowest BCUT2D eigenvalue weighted by atomic mass is 10.1. The number of anilines is 1. The van der Waals surface area contributed by atoms with Gasteiger partial charge in [0.25, 0.3) is 0 Å². The summed E-state index contributed by atoms with van der Waals surface area (Å²) >= 11 is 0. The third-order valence-corrected chi connectivity index (χ3v) is 2.88. The monoisotopic (exact) mass is 275 g/mol.